The maximum atomic E-state index is 11.6. The summed E-state index contributed by atoms with van der Waals surface area (Å²) in [7, 11) is 0. The zero-order valence-corrected chi connectivity index (χ0v) is 11.7. The lowest BCUT2D eigenvalue weighted by atomic mass is 9.97. The number of anilines is 1. The minimum absolute atomic E-state index is 0.127. The Labute approximate surface area is 103 Å². The zero-order chi connectivity index (χ0) is 12.6. The van der Waals surface area contributed by atoms with E-state index in [-0.39, 0.29) is 17.3 Å². The van der Waals surface area contributed by atoms with Gasteiger partial charge in [-0.15, -0.1) is 5.10 Å². The summed E-state index contributed by atoms with van der Waals surface area (Å²) >= 11 is 3.25. The Morgan fingerprint density at radius 2 is 1.81 bits per heavy atom. The molecule has 1 rings (SSSR count). The van der Waals surface area contributed by atoms with Crippen LogP contribution in [0.2, 0.25) is 0 Å². The summed E-state index contributed by atoms with van der Waals surface area (Å²) < 4.78 is 4.68. The summed E-state index contributed by atoms with van der Waals surface area (Å²) in [5, 5.41) is 10.2. The van der Waals surface area contributed by atoms with Crippen molar-refractivity contribution in [3.05, 3.63) is 5.89 Å². The van der Waals surface area contributed by atoms with Crippen molar-refractivity contribution >= 4 is 27.9 Å². The van der Waals surface area contributed by atoms with Crippen LogP contribution in [0.25, 0.3) is 0 Å². The molecule has 0 saturated carbocycles. The van der Waals surface area contributed by atoms with Crippen molar-refractivity contribution in [2.45, 2.75) is 44.4 Å². The highest BCUT2D eigenvalue weighted by molar-refractivity contribution is 9.10. The fourth-order valence-electron chi connectivity index (χ4n) is 0.823. The minimum Gasteiger partial charge on any atom is -0.407 e. The van der Waals surface area contributed by atoms with Gasteiger partial charge >= 0.3 is 6.01 Å². The van der Waals surface area contributed by atoms with Crippen molar-refractivity contribution in [2.24, 2.45) is 0 Å². The molecular formula is C10H16BrN3O2. The predicted molar refractivity (Wildman–Crippen MR) is 64.6 cm³/mol. The molecule has 0 bridgehead atoms. The molecule has 0 aliphatic rings. The molecule has 0 aromatic carbocycles. The van der Waals surface area contributed by atoms with Crippen molar-refractivity contribution in [3.8, 4) is 0 Å². The fraction of sp³-hybridized carbons (Fsp3) is 0.700. The molecule has 90 valence electrons. The second-order valence-corrected chi connectivity index (χ2v) is 7.07. The first kappa shape index (κ1) is 13.2. The molecule has 0 atom stereocenters. The number of carbonyl (C=O) groups is 1. The minimum atomic E-state index is -0.663. The number of halogens is 1. The molecule has 0 saturated heterocycles. The van der Waals surface area contributed by atoms with Crippen LogP contribution in [0.1, 0.15) is 40.5 Å². The maximum Gasteiger partial charge on any atom is 0.322 e. The largest absolute Gasteiger partial charge is 0.407 e. The van der Waals surface area contributed by atoms with Gasteiger partial charge < -0.3 is 4.42 Å². The van der Waals surface area contributed by atoms with Crippen molar-refractivity contribution < 1.29 is 9.21 Å². The van der Waals surface area contributed by atoms with Gasteiger partial charge in [-0.05, 0) is 13.8 Å². The Bertz CT molecular complexity index is 388. The summed E-state index contributed by atoms with van der Waals surface area (Å²) in [4.78, 5) is 11.6. The molecular weight excluding hydrogens is 274 g/mol. The third-order valence-corrected chi connectivity index (χ3v) is 2.19. The normalized spacial score (nSPS) is 12.6. The Balaban J connectivity index is 2.78. The van der Waals surface area contributed by atoms with E-state index in [2.05, 4.69) is 31.4 Å². The van der Waals surface area contributed by atoms with E-state index in [4.69, 9.17) is 4.42 Å². The number of hydrogen-bond donors (Lipinski definition) is 1. The molecule has 1 amide bonds. The van der Waals surface area contributed by atoms with E-state index >= 15 is 0 Å². The molecule has 0 spiro atoms. The van der Waals surface area contributed by atoms with E-state index in [1.165, 1.54) is 0 Å². The van der Waals surface area contributed by atoms with Gasteiger partial charge in [0.1, 0.15) is 0 Å². The first-order chi connectivity index (χ1) is 7.10. The quantitative estimate of drug-likeness (QED) is 0.850. The highest BCUT2D eigenvalue weighted by Gasteiger charge is 2.27. The van der Waals surface area contributed by atoms with Crippen LogP contribution in [0.5, 0.6) is 0 Å². The zero-order valence-electron chi connectivity index (χ0n) is 10.1. The monoisotopic (exact) mass is 289 g/mol. The molecule has 5 nitrogen and oxygen atoms in total. The van der Waals surface area contributed by atoms with E-state index in [9.17, 15) is 4.79 Å². The van der Waals surface area contributed by atoms with Crippen molar-refractivity contribution in [1.29, 1.82) is 0 Å². The summed E-state index contributed by atoms with van der Waals surface area (Å²) in [5.74, 6) is 0.270. The molecule has 0 aliphatic heterocycles. The molecule has 0 unspecified atom stereocenters. The topological polar surface area (TPSA) is 68.0 Å². The van der Waals surface area contributed by atoms with Crippen molar-refractivity contribution in [2.75, 3.05) is 5.32 Å². The van der Waals surface area contributed by atoms with Gasteiger partial charge in [0.05, 0.1) is 4.32 Å². The molecule has 0 radical (unpaired) electrons. The van der Waals surface area contributed by atoms with Crippen LogP contribution in [0, 0.1) is 0 Å². The number of amides is 1. The third kappa shape index (κ3) is 3.30. The number of nitrogens with zero attached hydrogens (tertiary/aromatic N) is 2. The van der Waals surface area contributed by atoms with Crippen molar-refractivity contribution in [3.63, 3.8) is 0 Å². The van der Waals surface area contributed by atoms with Gasteiger partial charge in [-0.25, -0.2) is 0 Å². The number of nitrogens with one attached hydrogen (secondary N) is 1. The van der Waals surface area contributed by atoms with E-state index < -0.39 is 4.32 Å². The van der Waals surface area contributed by atoms with Gasteiger partial charge in [0.2, 0.25) is 11.8 Å². The van der Waals surface area contributed by atoms with Crippen LogP contribution in [0.3, 0.4) is 0 Å². The Morgan fingerprint density at radius 3 is 2.19 bits per heavy atom. The Kier molecular flexibility index (Phi) is 3.42. The highest BCUT2D eigenvalue weighted by atomic mass is 79.9. The molecule has 1 aromatic heterocycles. The Hall–Kier alpha value is -0.910. The molecule has 1 aromatic rings. The maximum absolute atomic E-state index is 11.6. The average Bonchev–Trinajstić information content (AvgIpc) is 2.49. The summed E-state index contributed by atoms with van der Waals surface area (Å²) in [6.45, 7) is 9.36. The predicted octanol–water partition coefficient (Wildman–Crippen LogP) is 2.48. The van der Waals surface area contributed by atoms with Crippen LogP contribution in [0.15, 0.2) is 4.42 Å². The van der Waals surface area contributed by atoms with Gasteiger partial charge in [-0.1, -0.05) is 41.8 Å². The van der Waals surface area contributed by atoms with Crippen LogP contribution < -0.4 is 5.32 Å². The lowest BCUT2D eigenvalue weighted by Gasteiger charge is -2.13. The summed E-state index contributed by atoms with van der Waals surface area (Å²) in [6, 6.07) is 0.127. The van der Waals surface area contributed by atoms with E-state index in [1.807, 2.05) is 20.8 Å². The lowest BCUT2D eigenvalue weighted by molar-refractivity contribution is -0.117. The van der Waals surface area contributed by atoms with Gasteiger partial charge in [0, 0.05) is 5.41 Å². The van der Waals surface area contributed by atoms with E-state index in [0.29, 0.717) is 5.89 Å². The van der Waals surface area contributed by atoms with E-state index in [0.717, 1.165) is 0 Å². The molecule has 1 N–H and O–H groups in total. The number of hydrogen-bond acceptors (Lipinski definition) is 4. The number of alkyl halides is 1. The van der Waals surface area contributed by atoms with Crippen LogP contribution >= 0.6 is 15.9 Å². The molecule has 16 heavy (non-hydrogen) atoms. The highest BCUT2D eigenvalue weighted by Crippen LogP contribution is 2.23. The van der Waals surface area contributed by atoms with Crippen molar-refractivity contribution in [1.82, 2.24) is 10.2 Å². The van der Waals surface area contributed by atoms with Gasteiger partial charge in [-0.3, -0.25) is 10.1 Å². The number of aromatic nitrogens is 2. The number of rotatable bonds is 2. The first-order valence-corrected chi connectivity index (χ1v) is 5.74. The van der Waals surface area contributed by atoms with Gasteiger partial charge in [-0.2, -0.15) is 0 Å². The second kappa shape index (κ2) is 4.16. The summed E-state index contributed by atoms with van der Waals surface area (Å²) in [5.41, 5.74) is -0.222. The molecule has 1 heterocycles. The van der Waals surface area contributed by atoms with Crippen LogP contribution in [-0.4, -0.2) is 20.4 Å². The standard InChI is InChI=1S/C10H16BrN3O2/c1-9(2,3)7-13-14-8(16-7)12-6(15)10(4,5)11/h1-5H3,(H,12,14,15). The smallest absolute Gasteiger partial charge is 0.322 e. The number of carbonyl (C=O) groups excluding carboxylic acids is 1. The Morgan fingerprint density at radius 1 is 1.25 bits per heavy atom. The van der Waals surface area contributed by atoms with Gasteiger partial charge in [0.15, 0.2) is 0 Å². The summed E-state index contributed by atoms with van der Waals surface area (Å²) in [6.07, 6.45) is 0. The lowest BCUT2D eigenvalue weighted by Crippen LogP contribution is -2.31. The SMILES string of the molecule is CC(C)(Br)C(=O)Nc1nnc(C(C)(C)C)o1. The molecule has 6 heteroatoms. The van der Waals surface area contributed by atoms with Gasteiger partial charge in [0.25, 0.3) is 0 Å². The molecule has 0 fully saturated rings. The average molecular weight is 290 g/mol. The second-order valence-electron chi connectivity index (χ2n) is 5.09. The fourth-order valence-corrected chi connectivity index (χ4v) is 0.922. The molecule has 0 aliphatic carbocycles. The third-order valence-electron chi connectivity index (χ3n) is 1.83. The van der Waals surface area contributed by atoms with Crippen LogP contribution in [-0.2, 0) is 10.2 Å². The van der Waals surface area contributed by atoms with Crippen LogP contribution in [0.4, 0.5) is 6.01 Å². The van der Waals surface area contributed by atoms with E-state index in [1.54, 1.807) is 13.8 Å². The first-order valence-electron chi connectivity index (χ1n) is 4.95.